The number of ether oxygens (including phenoxy) is 1. The predicted octanol–water partition coefficient (Wildman–Crippen LogP) is 2.58. The Morgan fingerprint density at radius 1 is 0.952 bits per heavy atom. The number of Topliss-reactive ketones (excluding diaryl/α,β-unsaturated/α-hetero) is 1. The lowest BCUT2D eigenvalue weighted by molar-refractivity contribution is 0.0961. The Labute approximate surface area is 121 Å². The van der Waals surface area contributed by atoms with Gasteiger partial charge in [0.15, 0.2) is 5.78 Å². The van der Waals surface area contributed by atoms with Gasteiger partial charge in [0.05, 0.1) is 6.61 Å². The van der Waals surface area contributed by atoms with E-state index < -0.39 is 5.91 Å². The van der Waals surface area contributed by atoms with Crippen molar-refractivity contribution in [3.05, 3.63) is 65.5 Å². The second-order valence-electron chi connectivity index (χ2n) is 4.42. The SMILES string of the molecule is NC(=O)c1ccc(OCCC(=O)c2ccc(F)cc2)cc1. The number of nitrogens with two attached hydrogens (primary N) is 1. The van der Waals surface area contributed by atoms with Gasteiger partial charge in [-0.25, -0.2) is 4.39 Å². The normalized spacial score (nSPS) is 10.1. The molecule has 0 bridgehead atoms. The monoisotopic (exact) mass is 287 g/mol. The highest BCUT2D eigenvalue weighted by Gasteiger charge is 2.06. The number of carbonyl (C=O) groups is 2. The van der Waals surface area contributed by atoms with E-state index in [4.69, 9.17) is 10.5 Å². The highest BCUT2D eigenvalue weighted by molar-refractivity contribution is 5.96. The average Bonchev–Trinajstić information content (AvgIpc) is 2.48. The average molecular weight is 287 g/mol. The van der Waals surface area contributed by atoms with Crippen molar-refractivity contribution in [2.75, 3.05) is 6.61 Å². The van der Waals surface area contributed by atoms with Gasteiger partial charge < -0.3 is 10.5 Å². The number of amides is 1. The van der Waals surface area contributed by atoms with Crippen LogP contribution >= 0.6 is 0 Å². The lowest BCUT2D eigenvalue weighted by Gasteiger charge is -2.06. The highest BCUT2D eigenvalue weighted by atomic mass is 19.1. The van der Waals surface area contributed by atoms with Crippen LogP contribution in [0.25, 0.3) is 0 Å². The molecule has 0 aliphatic carbocycles. The van der Waals surface area contributed by atoms with Crippen LogP contribution in [0.2, 0.25) is 0 Å². The topological polar surface area (TPSA) is 69.4 Å². The van der Waals surface area contributed by atoms with Gasteiger partial charge >= 0.3 is 0 Å². The number of ketones is 1. The van der Waals surface area contributed by atoms with Crippen LogP contribution in [0.4, 0.5) is 4.39 Å². The van der Waals surface area contributed by atoms with Crippen LogP contribution in [-0.4, -0.2) is 18.3 Å². The number of rotatable bonds is 6. The molecule has 21 heavy (non-hydrogen) atoms. The fraction of sp³-hybridized carbons (Fsp3) is 0.125. The summed E-state index contributed by atoms with van der Waals surface area (Å²) in [7, 11) is 0. The van der Waals surface area contributed by atoms with Gasteiger partial charge in [0.2, 0.25) is 5.91 Å². The molecule has 4 nitrogen and oxygen atoms in total. The molecule has 2 aromatic rings. The van der Waals surface area contributed by atoms with Crippen LogP contribution in [0, 0.1) is 5.82 Å². The van der Waals surface area contributed by atoms with Gasteiger partial charge in [-0.05, 0) is 48.5 Å². The Kier molecular flexibility index (Phi) is 4.66. The lowest BCUT2D eigenvalue weighted by Crippen LogP contribution is -2.10. The van der Waals surface area contributed by atoms with E-state index in [9.17, 15) is 14.0 Å². The fourth-order valence-corrected chi connectivity index (χ4v) is 1.76. The minimum Gasteiger partial charge on any atom is -0.493 e. The van der Waals surface area contributed by atoms with E-state index in [1.165, 1.54) is 24.3 Å². The maximum Gasteiger partial charge on any atom is 0.248 e. The van der Waals surface area contributed by atoms with Gasteiger partial charge in [0.1, 0.15) is 11.6 Å². The molecule has 0 radical (unpaired) electrons. The number of hydrogen-bond donors (Lipinski definition) is 1. The van der Waals surface area contributed by atoms with E-state index in [-0.39, 0.29) is 24.6 Å². The second-order valence-corrected chi connectivity index (χ2v) is 4.42. The first kappa shape index (κ1) is 14.7. The van der Waals surface area contributed by atoms with Gasteiger partial charge in [-0.3, -0.25) is 9.59 Å². The quantitative estimate of drug-likeness (QED) is 0.830. The molecule has 108 valence electrons. The van der Waals surface area contributed by atoms with Crippen molar-refractivity contribution < 1.29 is 18.7 Å². The minimum absolute atomic E-state index is 0.122. The summed E-state index contributed by atoms with van der Waals surface area (Å²) < 4.78 is 18.2. The molecule has 0 aliphatic rings. The molecule has 0 aromatic heterocycles. The zero-order valence-corrected chi connectivity index (χ0v) is 11.2. The Morgan fingerprint density at radius 3 is 2.10 bits per heavy atom. The predicted molar refractivity (Wildman–Crippen MR) is 75.8 cm³/mol. The second kappa shape index (κ2) is 6.65. The first-order valence-corrected chi connectivity index (χ1v) is 6.37. The van der Waals surface area contributed by atoms with E-state index in [0.29, 0.717) is 16.9 Å². The Balaban J connectivity index is 1.85. The molecule has 1 amide bonds. The summed E-state index contributed by atoms with van der Waals surface area (Å²) in [5.41, 5.74) is 5.97. The molecule has 0 unspecified atom stereocenters. The van der Waals surface area contributed by atoms with Gasteiger partial charge in [-0.15, -0.1) is 0 Å². The molecule has 2 N–H and O–H groups in total. The van der Waals surface area contributed by atoms with Crippen molar-refractivity contribution in [2.45, 2.75) is 6.42 Å². The van der Waals surface area contributed by atoms with Crippen molar-refractivity contribution in [2.24, 2.45) is 5.73 Å². The molecule has 0 atom stereocenters. The lowest BCUT2D eigenvalue weighted by atomic mass is 10.1. The summed E-state index contributed by atoms with van der Waals surface area (Å²) in [6.45, 7) is 0.201. The number of primary amides is 1. The molecule has 0 aliphatic heterocycles. The maximum absolute atomic E-state index is 12.7. The van der Waals surface area contributed by atoms with E-state index in [1.807, 2.05) is 0 Å². The molecule has 0 saturated heterocycles. The Morgan fingerprint density at radius 2 is 1.52 bits per heavy atom. The summed E-state index contributed by atoms with van der Waals surface area (Å²) in [6, 6.07) is 11.7. The molecule has 0 fully saturated rings. The fourth-order valence-electron chi connectivity index (χ4n) is 1.76. The maximum atomic E-state index is 12.7. The largest absolute Gasteiger partial charge is 0.493 e. The zero-order chi connectivity index (χ0) is 15.2. The molecule has 0 saturated carbocycles. The number of halogens is 1. The molecule has 2 aromatic carbocycles. The van der Waals surface area contributed by atoms with E-state index in [2.05, 4.69) is 0 Å². The highest BCUT2D eigenvalue weighted by Crippen LogP contribution is 2.13. The first-order chi connectivity index (χ1) is 10.1. The summed E-state index contributed by atoms with van der Waals surface area (Å²) in [4.78, 5) is 22.7. The van der Waals surface area contributed by atoms with Crippen molar-refractivity contribution in [3.8, 4) is 5.75 Å². The van der Waals surface area contributed by atoms with Gasteiger partial charge in [0, 0.05) is 17.5 Å². The molecule has 0 heterocycles. The smallest absolute Gasteiger partial charge is 0.248 e. The minimum atomic E-state index is -0.506. The van der Waals surface area contributed by atoms with Crippen molar-refractivity contribution in [1.29, 1.82) is 0 Å². The summed E-state index contributed by atoms with van der Waals surface area (Å²) in [6.07, 6.45) is 0.184. The van der Waals surface area contributed by atoms with Crippen molar-refractivity contribution in [1.82, 2.24) is 0 Å². The van der Waals surface area contributed by atoms with Gasteiger partial charge in [-0.1, -0.05) is 0 Å². The van der Waals surface area contributed by atoms with E-state index in [0.717, 1.165) is 0 Å². The van der Waals surface area contributed by atoms with Crippen LogP contribution < -0.4 is 10.5 Å². The summed E-state index contributed by atoms with van der Waals surface area (Å²) in [5, 5.41) is 0. The Bertz CT molecular complexity index is 636. The van der Waals surface area contributed by atoms with Gasteiger partial charge in [-0.2, -0.15) is 0 Å². The zero-order valence-electron chi connectivity index (χ0n) is 11.2. The molecule has 0 spiro atoms. The van der Waals surface area contributed by atoms with Gasteiger partial charge in [0.25, 0.3) is 0 Å². The first-order valence-electron chi connectivity index (χ1n) is 6.37. The van der Waals surface area contributed by atoms with Crippen molar-refractivity contribution >= 4 is 11.7 Å². The van der Waals surface area contributed by atoms with Crippen LogP contribution in [0.1, 0.15) is 27.1 Å². The Hall–Kier alpha value is -2.69. The molecule has 5 heteroatoms. The van der Waals surface area contributed by atoms with E-state index in [1.54, 1.807) is 24.3 Å². The summed E-state index contributed by atoms with van der Waals surface area (Å²) >= 11 is 0. The molecular formula is C16H14FNO3. The third kappa shape index (κ3) is 4.14. The van der Waals surface area contributed by atoms with Crippen molar-refractivity contribution in [3.63, 3.8) is 0 Å². The summed E-state index contributed by atoms with van der Waals surface area (Å²) in [5.74, 6) is -0.457. The molecular weight excluding hydrogens is 273 g/mol. The molecule has 2 rings (SSSR count). The van der Waals surface area contributed by atoms with E-state index >= 15 is 0 Å². The third-order valence-corrected chi connectivity index (χ3v) is 2.90. The van der Waals surface area contributed by atoms with Crippen LogP contribution in [0.5, 0.6) is 5.75 Å². The third-order valence-electron chi connectivity index (χ3n) is 2.90. The van der Waals surface area contributed by atoms with Crippen LogP contribution in [0.3, 0.4) is 0 Å². The standard InChI is InChI=1S/C16H14FNO3/c17-13-5-1-11(2-6-13)15(19)9-10-21-14-7-3-12(4-8-14)16(18)20/h1-8H,9-10H2,(H2,18,20). The number of hydrogen-bond acceptors (Lipinski definition) is 3. The van der Waals surface area contributed by atoms with Crippen LogP contribution in [0.15, 0.2) is 48.5 Å². The van der Waals surface area contributed by atoms with Crippen LogP contribution in [-0.2, 0) is 0 Å². The number of benzene rings is 2. The number of carbonyl (C=O) groups excluding carboxylic acids is 2.